The maximum atomic E-state index is 12.7. The number of carbonyl (C=O) groups excluding carboxylic acids is 1. The molecule has 0 radical (unpaired) electrons. The van der Waals surface area contributed by atoms with Gasteiger partial charge in [-0.1, -0.05) is 60.4 Å². The van der Waals surface area contributed by atoms with E-state index in [1.54, 1.807) is 12.0 Å². The highest BCUT2D eigenvalue weighted by Gasteiger charge is 2.33. The molecule has 0 unspecified atom stereocenters. The van der Waals surface area contributed by atoms with Crippen molar-refractivity contribution in [3.8, 4) is 5.75 Å². The summed E-state index contributed by atoms with van der Waals surface area (Å²) in [5.74, 6) is 0.646. The molecule has 0 aliphatic carbocycles. The average Bonchev–Trinajstić information content (AvgIpc) is 2.89. The fourth-order valence-electron chi connectivity index (χ4n) is 2.48. The first-order chi connectivity index (χ1) is 12.1. The number of hydrogen-bond donors (Lipinski definition) is 0. The third-order valence-electron chi connectivity index (χ3n) is 3.68. The lowest BCUT2D eigenvalue weighted by Crippen LogP contribution is -2.27. The first kappa shape index (κ1) is 17.5. The van der Waals surface area contributed by atoms with Crippen LogP contribution in [0.25, 0.3) is 6.08 Å². The predicted octanol–water partition coefficient (Wildman–Crippen LogP) is 5.05. The first-order valence-corrected chi connectivity index (χ1v) is 8.96. The Bertz CT molecular complexity index is 855. The van der Waals surface area contributed by atoms with Crippen LogP contribution in [0.15, 0.2) is 71.2 Å². The number of amides is 1. The Morgan fingerprint density at radius 3 is 2.44 bits per heavy atom. The second-order valence-electron chi connectivity index (χ2n) is 5.51. The lowest BCUT2D eigenvalue weighted by atomic mass is 10.1. The van der Waals surface area contributed by atoms with Gasteiger partial charge in [0, 0.05) is 0 Å². The summed E-state index contributed by atoms with van der Waals surface area (Å²) in [4.78, 5) is 14.9. The second kappa shape index (κ2) is 7.68. The molecule has 1 aliphatic rings. The molecule has 0 bridgehead atoms. The molecule has 5 heteroatoms. The van der Waals surface area contributed by atoms with Crippen LogP contribution in [-0.2, 0) is 4.79 Å². The quantitative estimate of drug-likeness (QED) is 0.559. The van der Waals surface area contributed by atoms with E-state index in [-0.39, 0.29) is 5.91 Å². The molecule has 0 spiro atoms. The zero-order chi connectivity index (χ0) is 17.8. The van der Waals surface area contributed by atoms with Crippen LogP contribution >= 0.6 is 24.0 Å². The Morgan fingerprint density at radius 1 is 1.12 bits per heavy atom. The number of rotatable bonds is 4. The molecule has 2 aromatic carbocycles. The van der Waals surface area contributed by atoms with Crippen molar-refractivity contribution in [1.82, 2.24) is 0 Å². The van der Waals surface area contributed by atoms with E-state index in [0.717, 1.165) is 22.6 Å². The van der Waals surface area contributed by atoms with Crippen LogP contribution in [0, 0.1) is 0 Å². The van der Waals surface area contributed by atoms with Crippen molar-refractivity contribution in [3.05, 3.63) is 76.7 Å². The minimum absolute atomic E-state index is 0.0963. The summed E-state index contributed by atoms with van der Waals surface area (Å²) in [6, 6.07) is 17.3. The molecular weight excluding hydrogens is 350 g/mol. The van der Waals surface area contributed by atoms with Crippen LogP contribution < -0.4 is 9.64 Å². The average molecular weight is 367 g/mol. The molecule has 3 nitrogen and oxygen atoms in total. The number of thiocarbonyl (C=S) groups is 1. The van der Waals surface area contributed by atoms with Gasteiger partial charge in [0.2, 0.25) is 0 Å². The van der Waals surface area contributed by atoms with Gasteiger partial charge in [-0.15, -0.1) is 0 Å². The van der Waals surface area contributed by atoms with E-state index < -0.39 is 0 Å². The van der Waals surface area contributed by atoms with Crippen molar-refractivity contribution in [2.45, 2.75) is 6.92 Å². The number of benzene rings is 2. The maximum Gasteiger partial charge on any atom is 0.270 e. The summed E-state index contributed by atoms with van der Waals surface area (Å²) in [6.07, 6.45) is 3.93. The Balaban J connectivity index is 1.84. The Labute approximate surface area is 157 Å². The van der Waals surface area contributed by atoms with Crippen molar-refractivity contribution in [2.75, 3.05) is 12.0 Å². The van der Waals surface area contributed by atoms with Gasteiger partial charge >= 0.3 is 0 Å². The minimum atomic E-state index is -0.0963. The second-order valence-corrected chi connectivity index (χ2v) is 7.19. The fraction of sp³-hybridized carbons (Fsp3) is 0.100. The predicted molar refractivity (Wildman–Crippen MR) is 109 cm³/mol. The minimum Gasteiger partial charge on any atom is -0.497 e. The van der Waals surface area contributed by atoms with Crippen molar-refractivity contribution >= 4 is 46.0 Å². The SMILES string of the molecule is COc1ccc(N2C(=O)C(=CC(C)=Cc3ccccc3)SC2=S)cc1. The summed E-state index contributed by atoms with van der Waals surface area (Å²) in [5, 5.41) is 0. The lowest BCUT2D eigenvalue weighted by Gasteiger charge is -2.14. The van der Waals surface area contributed by atoms with E-state index in [9.17, 15) is 4.79 Å². The van der Waals surface area contributed by atoms with E-state index in [0.29, 0.717) is 9.23 Å². The highest BCUT2D eigenvalue weighted by molar-refractivity contribution is 8.27. The van der Waals surface area contributed by atoms with Gasteiger partial charge in [-0.2, -0.15) is 0 Å². The molecule has 0 N–H and O–H groups in total. The summed E-state index contributed by atoms with van der Waals surface area (Å²) in [5.41, 5.74) is 2.85. The van der Waals surface area contributed by atoms with E-state index >= 15 is 0 Å². The molecule has 0 atom stereocenters. The molecular formula is C20H17NO2S2. The summed E-state index contributed by atoms with van der Waals surface area (Å²) < 4.78 is 5.69. The van der Waals surface area contributed by atoms with E-state index in [2.05, 4.69) is 0 Å². The van der Waals surface area contributed by atoms with Crippen molar-refractivity contribution in [1.29, 1.82) is 0 Å². The van der Waals surface area contributed by atoms with Gasteiger partial charge in [0.15, 0.2) is 4.32 Å². The number of carbonyl (C=O) groups is 1. The standard InChI is InChI=1S/C20H17NO2S2/c1-14(12-15-6-4-3-5-7-15)13-18-19(22)21(20(24)25-18)16-8-10-17(23-2)11-9-16/h3-13H,1-2H3. The van der Waals surface area contributed by atoms with Gasteiger partial charge in [0.25, 0.3) is 5.91 Å². The number of ether oxygens (including phenoxy) is 1. The van der Waals surface area contributed by atoms with E-state index in [1.807, 2.05) is 73.7 Å². The van der Waals surface area contributed by atoms with Gasteiger partial charge in [-0.25, -0.2) is 0 Å². The van der Waals surface area contributed by atoms with Gasteiger partial charge in [0.05, 0.1) is 17.7 Å². The smallest absolute Gasteiger partial charge is 0.270 e. The van der Waals surface area contributed by atoms with Gasteiger partial charge in [-0.05, 0) is 48.4 Å². The number of methoxy groups -OCH3 is 1. The van der Waals surface area contributed by atoms with Crippen molar-refractivity contribution in [2.24, 2.45) is 0 Å². The molecule has 1 saturated heterocycles. The number of hydrogen-bond acceptors (Lipinski definition) is 4. The van der Waals surface area contributed by atoms with E-state index in [1.165, 1.54) is 11.8 Å². The molecule has 1 heterocycles. The fourth-order valence-corrected chi connectivity index (χ4v) is 3.83. The van der Waals surface area contributed by atoms with Crippen LogP contribution in [-0.4, -0.2) is 17.3 Å². The van der Waals surface area contributed by atoms with Crippen LogP contribution in [0.5, 0.6) is 5.75 Å². The van der Waals surface area contributed by atoms with Crippen LogP contribution in [0.1, 0.15) is 12.5 Å². The molecule has 1 fully saturated rings. The summed E-state index contributed by atoms with van der Waals surface area (Å²) in [6.45, 7) is 1.98. The largest absolute Gasteiger partial charge is 0.497 e. The molecule has 0 saturated carbocycles. The lowest BCUT2D eigenvalue weighted by molar-refractivity contribution is -0.113. The van der Waals surface area contributed by atoms with Gasteiger partial charge in [0.1, 0.15) is 5.75 Å². The highest BCUT2D eigenvalue weighted by Crippen LogP contribution is 2.36. The summed E-state index contributed by atoms with van der Waals surface area (Å²) >= 11 is 6.72. The third kappa shape index (κ3) is 4.00. The monoisotopic (exact) mass is 367 g/mol. The van der Waals surface area contributed by atoms with Crippen molar-refractivity contribution in [3.63, 3.8) is 0 Å². The number of allylic oxidation sites excluding steroid dienone is 2. The number of nitrogens with zero attached hydrogens (tertiary/aromatic N) is 1. The Hall–Kier alpha value is -2.37. The van der Waals surface area contributed by atoms with Crippen molar-refractivity contribution < 1.29 is 9.53 Å². The van der Waals surface area contributed by atoms with Gasteiger partial charge < -0.3 is 4.74 Å². The molecule has 1 amide bonds. The van der Waals surface area contributed by atoms with Crippen LogP contribution in [0.2, 0.25) is 0 Å². The Morgan fingerprint density at radius 2 is 1.80 bits per heavy atom. The molecule has 126 valence electrons. The summed E-state index contributed by atoms with van der Waals surface area (Å²) in [7, 11) is 1.61. The third-order valence-corrected chi connectivity index (χ3v) is 4.98. The zero-order valence-electron chi connectivity index (χ0n) is 13.9. The zero-order valence-corrected chi connectivity index (χ0v) is 15.6. The molecule has 1 aliphatic heterocycles. The van der Waals surface area contributed by atoms with Crippen LogP contribution in [0.4, 0.5) is 5.69 Å². The normalized spacial score (nSPS) is 16.6. The Kier molecular flexibility index (Phi) is 5.36. The molecule has 0 aromatic heterocycles. The topological polar surface area (TPSA) is 29.5 Å². The first-order valence-electron chi connectivity index (χ1n) is 7.74. The molecule has 3 rings (SSSR count). The highest BCUT2D eigenvalue weighted by atomic mass is 32.2. The maximum absolute atomic E-state index is 12.7. The number of anilines is 1. The van der Waals surface area contributed by atoms with Gasteiger partial charge in [-0.3, -0.25) is 9.69 Å². The molecule has 2 aromatic rings. The van der Waals surface area contributed by atoms with E-state index in [4.69, 9.17) is 17.0 Å². The van der Waals surface area contributed by atoms with Crippen LogP contribution in [0.3, 0.4) is 0 Å². The molecule has 25 heavy (non-hydrogen) atoms. The number of thioether (sulfide) groups is 1.